The molecule has 0 spiro atoms. The van der Waals surface area contributed by atoms with Gasteiger partial charge in [0.25, 0.3) is 0 Å². The van der Waals surface area contributed by atoms with Crippen LogP contribution in [0.2, 0.25) is 0 Å². The van der Waals surface area contributed by atoms with Crippen LogP contribution in [0, 0.1) is 17.8 Å². The number of methoxy groups -OCH3 is 1. The first kappa shape index (κ1) is 14.3. The lowest BCUT2D eigenvalue weighted by atomic mass is 9.86. The van der Waals surface area contributed by atoms with E-state index >= 15 is 0 Å². The summed E-state index contributed by atoms with van der Waals surface area (Å²) in [5.41, 5.74) is -0.0287. The molecule has 2 saturated carbocycles. The van der Waals surface area contributed by atoms with E-state index in [1.54, 1.807) is 7.11 Å². The van der Waals surface area contributed by atoms with Crippen molar-refractivity contribution in [2.24, 2.45) is 17.8 Å². The van der Waals surface area contributed by atoms with Crippen molar-refractivity contribution in [1.82, 2.24) is 10.6 Å². The van der Waals surface area contributed by atoms with Crippen LogP contribution in [0.15, 0.2) is 0 Å². The fourth-order valence-electron chi connectivity index (χ4n) is 4.67. The minimum absolute atomic E-state index is 0.0287. The topological polar surface area (TPSA) is 50.4 Å². The number of carbonyl (C=O) groups is 1. The van der Waals surface area contributed by atoms with Gasteiger partial charge in [-0.25, -0.2) is 0 Å². The molecule has 2 aliphatic carbocycles. The van der Waals surface area contributed by atoms with Gasteiger partial charge in [0.15, 0.2) is 0 Å². The third-order valence-corrected chi connectivity index (χ3v) is 5.71. The SMILES string of the molecule is COCC1(CNC(=O)CC2CC3CCC2C3)CCCN1. The zero-order valence-corrected chi connectivity index (χ0v) is 12.6. The van der Waals surface area contributed by atoms with Gasteiger partial charge in [0.05, 0.1) is 12.1 Å². The Morgan fingerprint density at radius 3 is 2.90 bits per heavy atom. The molecule has 1 heterocycles. The molecule has 3 fully saturated rings. The number of ether oxygens (including phenoxy) is 1. The maximum absolute atomic E-state index is 12.2. The largest absolute Gasteiger partial charge is 0.383 e. The van der Waals surface area contributed by atoms with Gasteiger partial charge in [-0.3, -0.25) is 4.79 Å². The van der Waals surface area contributed by atoms with Crippen molar-refractivity contribution in [2.45, 2.75) is 50.5 Å². The van der Waals surface area contributed by atoms with E-state index in [0.717, 1.165) is 31.2 Å². The third-order valence-electron chi connectivity index (χ3n) is 5.71. The van der Waals surface area contributed by atoms with E-state index in [0.29, 0.717) is 19.1 Å². The van der Waals surface area contributed by atoms with Crippen molar-refractivity contribution in [2.75, 3.05) is 26.8 Å². The minimum Gasteiger partial charge on any atom is -0.383 e. The number of hydrogen-bond acceptors (Lipinski definition) is 3. The summed E-state index contributed by atoms with van der Waals surface area (Å²) >= 11 is 0. The molecule has 4 atom stereocenters. The highest BCUT2D eigenvalue weighted by molar-refractivity contribution is 5.76. The average molecular weight is 280 g/mol. The van der Waals surface area contributed by atoms with Crippen LogP contribution >= 0.6 is 0 Å². The summed E-state index contributed by atoms with van der Waals surface area (Å²) in [6, 6.07) is 0. The van der Waals surface area contributed by atoms with Crippen molar-refractivity contribution in [3.8, 4) is 0 Å². The van der Waals surface area contributed by atoms with Crippen LogP contribution in [0.25, 0.3) is 0 Å². The van der Waals surface area contributed by atoms with Gasteiger partial charge in [-0.2, -0.15) is 0 Å². The molecule has 20 heavy (non-hydrogen) atoms. The van der Waals surface area contributed by atoms with E-state index in [2.05, 4.69) is 10.6 Å². The van der Waals surface area contributed by atoms with Gasteiger partial charge in [-0.15, -0.1) is 0 Å². The molecular formula is C16H28N2O2. The molecule has 1 amide bonds. The Bertz CT molecular complexity index is 352. The van der Waals surface area contributed by atoms with E-state index in [1.165, 1.54) is 32.1 Å². The Hall–Kier alpha value is -0.610. The first-order valence-electron chi connectivity index (χ1n) is 8.21. The fraction of sp³-hybridized carbons (Fsp3) is 0.938. The maximum Gasteiger partial charge on any atom is 0.220 e. The van der Waals surface area contributed by atoms with Crippen LogP contribution in [0.3, 0.4) is 0 Å². The first-order valence-corrected chi connectivity index (χ1v) is 8.21. The molecule has 2 bridgehead atoms. The lowest BCUT2D eigenvalue weighted by Gasteiger charge is -2.29. The lowest BCUT2D eigenvalue weighted by molar-refractivity contribution is -0.122. The van der Waals surface area contributed by atoms with Crippen molar-refractivity contribution < 1.29 is 9.53 Å². The first-order chi connectivity index (χ1) is 9.71. The van der Waals surface area contributed by atoms with E-state index in [1.807, 2.05) is 0 Å². The molecule has 1 saturated heterocycles. The van der Waals surface area contributed by atoms with Gasteiger partial charge in [0, 0.05) is 20.1 Å². The van der Waals surface area contributed by atoms with Crippen LogP contribution in [0.5, 0.6) is 0 Å². The number of amides is 1. The summed E-state index contributed by atoms with van der Waals surface area (Å²) in [5, 5.41) is 6.66. The maximum atomic E-state index is 12.2. The second-order valence-electron chi connectivity index (χ2n) is 7.16. The Morgan fingerprint density at radius 1 is 1.40 bits per heavy atom. The monoisotopic (exact) mass is 280 g/mol. The van der Waals surface area contributed by atoms with Crippen molar-refractivity contribution in [3.05, 3.63) is 0 Å². The quantitative estimate of drug-likeness (QED) is 0.778. The molecule has 114 valence electrons. The molecule has 0 aromatic rings. The molecule has 3 rings (SSSR count). The van der Waals surface area contributed by atoms with Gasteiger partial charge in [-0.05, 0) is 56.4 Å². The van der Waals surface area contributed by atoms with E-state index < -0.39 is 0 Å². The number of rotatable bonds is 6. The summed E-state index contributed by atoms with van der Waals surface area (Å²) < 4.78 is 5.32. The predicted molar refractivity (Wildman–Crippen MR) is 78.4 cm³/mol. The molecule has 0 radical (unpaired) electrons. The van der Waals surface area contributed by atoms with E-state index in [9.17, 15) is 4.79 Å². The third kappa shape index (κ3) is 3.01. The molecule has 4 heteroatoms. The minimum atomic E-state index is -0.0287. The highest BCUT2D eigenvalue weighted by atomic mass is 16.5. The smallest absolute Gasteiger partial charge is 0.220 e. The standard InChI is InChI=1S/C16H28N2O2/c1-20-11-16(5-2-6-18-16)10-17-15(19)9-14-8-12-3-4-13(14)7-12/h12-14,18H,2-11H2,1H3,(H,17,19). The van der Waals surface area contributed by atoms with Crippen LogP contribution in [-0.2, 0) is 9.53 Å². The van der Waals surface area contributed by atoms with Crippen molar-refractivity contribution in [1.29, 1.82) is 0 Å². The Morgan fingerprint density at radius 2 is 2.30 bits per heavy atom. The van der Waals surface area contributed by atoms with Crippen LogP contribution in [0.1, 0.15) is 44.9 Å². The molecule has 0 aromatic carbocycles. The molecular weight excluding hydrogens is 252 g/mol. The Kier molecular flexibility index (Phi) is 4.32. The molecule has 4 nitrogen and oxygen atoms in total. The van der Waals surface area contributed by atoms with Crippen LogP contribution in [0.4, 0.5) is 0 Å². The molecule has 1 aliphatic heterocycles. The van der Waals surface area contributed by atoms with Crippen LogP contribution < -0.4 is 10.6 Å². The van der Waals surface area contributed by atoms with Crippen LogP contribution in [-0.4, -0.2) is 38.3 Å². The summed E-state index contributed by atoms with van der Waals surface area (Å²) in [6.07, 6.45) is 8.44. The van der Waals surface area contributed by atoms with E-state index in [4.69, 9.17) is 4.74 Å². The van der Waals surface area contributed by atoms with Gasteiger partial charge in [-0.1, -0.05) is 6.42 Å². The van der Waals surface area contributed by atoms with Gasteiger partial charge in [0.2, 0.25) is 5.91 Å². The molecule has 2 N–H and O–H groups in total. The summed E-state index contributed by atoms with van der Waals surface area (Å²) in [4.78, 5) is 12.2. The summed E-state index contributed by atoms with van der Waals surface area (Å²) in [6.45, 7) is 2.42. The van der Waals surface area contributed by atoms with Crippen molar-refractivity contribution in [3.63, 3.8) is 0 Å². The zero-order valence-electron chi connectivity index (χ0n) is 12.6. The van der Waals surface area contributed by atoms with Gasteiger partial charge in [0.1, 0.15) is 0 Å². The second-order valence-corrected chi connectivity index (χ2v) is 7.16. The number of hydrogen-bond donors (Lipinski definition) is 2. The molecule has 0 aromatic heterocycles. The second kappa shape index (κ2) is 6.02. The lowest BCUT2D eigenvalue weighted by Crippen LogP contribution is -2.53. The fourth-order valence-corrected chi connectivity index (χ4v) is 4.67. The highest BCUT2D eigenvalue weighted by Gasteiger charge is 2.40. The van der Waals surface area contributed by atoms with E-state index in [-0.39, 0.29) is 11.4 Å². The molecule has 3 aliphatic rings. The molecule has 4 unspecified atom stereocenters. The highest BCUT2D eigenvalue weighted by Crippen LogP contribution is 2.49. The van der Waals surface area contributed by atoms with Gasteiger partial charge >= 0.3 is 0 Å². The van der Waals surface area contributed by atoms with Crippen molar-refractivity contribution >= 4 is 5.91 Å². The normalized spacial score (nSPS) is 39.4. The number of nitrogens with one attached hydrogen (secondary N) is 2. The average Bonchev–Trinajstić information content (AvgIpc) is 3.13. The number of fused-ring (bicyclic) bond motifs is 2. The summed E-state index contributed by atoms with van der Waals surface area (Å²) in [5.74, 6) is 2.66. The number of carbonyl (C=O) groups excluding carboxylic acids is 1. The predicted octanol–water partition coefficient (Wildman–Crippen LogP) is 1.70. The summed E-state index contributed by atoms with van der Waals surface area (Å²) in [7, 11) is 1.73. The Labute approximate surface area is 122 Å². The Balaban J connectivity index is 1.44. The van der Waals surface area contributed by atoms with Gasteiger partial charge < -0.3 is 15.4 Å². The zero-order chi connectivity index (χ0) is 14.0.